The van der Waals surface area contributed by atoms with Crippen LogP contribution >= 0.6 is 0 Å². The van der Waals surface area contributed by atoms with Gasteiger partial charge in [0.1, 0.15) is 5.60 Å². The second kappa shape index (κ2) is 25.4. The fourth-order valence-electron chi connectivity index (χ4n) is 4.35. The van der Waals surface area contributed by atoms with Crippen LogP contribution in [0.4, 0.5) is 24.0 Å². The van der Waals surface area contributed by atoms with Crippen LogP contribution in [0.25, 0.3) is 0 Å². The van der Waals surface area contributed by atoms with E-state index in [0.717, 1.165) is 33.4 Å². The zero-order chi connectivity index (χ0) is 35.6. The number of unbranched alkanes of at least 4 members (excludes halogenated alkanes) is 15. The molecule has 1 unspecified atom stereocenters. The van der Waals surface area contributed by atoms with E-state index in [-0.39, 0.29) is 13.2 Å². The number of ether oxygens (including phenoxy) is 5. The van der Waals surface area contributed by atoms with E-state index in [1.165, 1.54) is 84.0 Å². The topological polar surface area (TPSA) is 183 Å². The highest BCUT2D eigenvalue weighted by Gasteiger charge is 2.43. The maximum Gasteiger partial charge on any atom is 0.433 e. The van der Waals surface area contributed by atoms with Gasteiger partial charge in [-0.1, -0.05) is 103 Å². The van der Waals surface area contributed by atoms with Crippen molar-refractivity contribution in [2.75, 3.05) is 27.4 Å². The quantitative estimate of drug-likeness (QED) is 0.0396. The molecule has 1 atom stereocenters. The predicted octanol–water partition coefficient (Wildman–Crippen LogP) is 7.20. The Balaban J connectivity index is 4.59. The number of hydrazine groups is 1. The summed E-state index contributed by atoms with van der Waals surface area (Å²) in [6.07, 6.45) is 13.8. The summed E-state index contributed by atoms with van der Waals surface area (Å²) in [6.45, 7) is 8.50. The van der Waals surface area contributed by atoms with Gasteiger partial charge in [-0.05, 0) is 34.1 Å². The minimum Gasteiger partial charge on any atom is -0.453 e. The average Bonchev–Trinajstić information content (AvgIpc) is 2.97. The largest absolute Gasteiger partial charge is 0.453 e. The van der Waals surface area contributed by atoms with Crippen molar-refractivity contribution in [3.63, 3.8) is 0 Å². The second-order valence-corrected chi connectivity index (χ2v) is 12.2. The van der Waals surface area contributed by atoms with Crippen molar-refractivity contribution in [2.45, 2.75) is 149 Å². The van der Waals surface area contributed by atoms with Crippen molar-refractivity contribution in [1.29, 1.82) is 0 Å². The van der Waals surface area contributed by atoms with Gasteiger partial charge in [0.05, 0.1) is 20.3 Å². The third-order valence-electron chi connectivity index (χ3n) is 6.70. The van der Waals surface area contributed by atoms with E-state index in [0.29, 0.717) is 11.4 Å². The first-order chi connectivity index (χ1) is 22.3. The maximum atomic E-state index is 12.9. The molecule has 0 saturated heterocycles. The lowest BCUT2D eigenvalue weighted by Gasteiger charge is -2.35. The van der Waals surface area contributed by atoms with Crippen molar-refractivity contribution in [3.8, 4) is 0 Å². The molecule has 0 rings (SSSR count). The molecular formula is C32H61N5O10. The number of hydrogen-bond donors (Lipinski definition) is 4. The molecular weight excluding hydrogens is 614 g/mol. The summed E-state index contributed by atoms with van der Waals surface area (Å²) in [5, 5.41) is 6.71. The monoisotopic (exact) mass is 675 g/mol. The first-order valence-corrected chi connectivity index (χ1v) is 17.0. The molecule has 0 aliphatic rings. The molecule has 15 nitrogen and oxygen atoms in total. The van der Waals surface area contributed by atoms with E-state index in [4.69, 9.17) is 18.9 Å². The van der Waals surface area contributed by atoms with Crippen LogP contribution in [-0.2, 0) is 23.7 Å². The van der Waals surface area contributed by atoms with Gasteiger partial charge in [-0.15, -0.1) is 0 Å². The first kappa shape index (κ1) is 43.4. The lowest BCUT2D eigenvalue weighted by Crippen LogP contribution is -2.73. The number of methoxy groups -OCH3 is 1. The number of alkyl carbamates (subject to hydrolysis) is 3. The van der Waals surface area contributed by atoms with Gasteiger partial charge >= 0.3 is 36.4 Å². The zero-order valence-corrected chi connectivity index (χ0v) is 29.8. The number of carbonyl (C=O) groups excluding carboxylic acids is 5. The maximum absolute atomic E-state index is 12.9. The number of hydrogen-bond acceptors (Lipinski definition) is 10. The summed E-state index contributed by atoms with van der Waals surface area (Å²) in [5.74, 6) is -2.74. The summed E-state index contributed by atoms with van der Waals surface area (Å²) in [6, 6.07) is 0. The molecule has 0 bridgehead atoms. The van der Waals surface area contributed by atoms with Crippen LogP contribution in [-0.4, -0.2) is 74.4 Å². The predicted molar refractivity (Wildman–Crippen MR) is 176 cm³/mol. The summed E-state index contributed by atoms with van der Waals surface area (Å²) >= 11 is 0. The van der Waals surface area contributed by atoms with Crippen LogP contribution < -0.4 is 21.4 Å². The lowest BCUT2D eigenvalue weighted by atomic mass is 10.0. The van der Waals surface area contributed by atoms with E-state index < -0.39 is 42.0 Å². The SMILES string of the molecule is CCCCCCCCCCCCCCCCCCOC(=O)NN(C)C(=O)OC(NC(=O)OC)(NC(=O)OCC)NC(=O)OC(C)(C)C. The normalized spacial score (nSPS) is 12.1. The van der Waals surface area contributed by atoms with E-state index in [2.05, 4.69) is 22.4 Å². The van der Waals surface area contributed by atoms with Crippen molar-refractivity contribution >= 4 is 30.5 Å². The lowest BCUT2D eigenvalue weighted by molar-refractivity contribution is -0.0763. The van der Waals surface area contributed by atoms with Crippen LogP contribution in [0.3, 0.4) is 0 Å². The highest BCUT2D eigenvalue weighted by molar-refractivity contribution is 5.78. The molecule has 0 spiro atoms. The van der Waals surface area contributed by atoms with Gasteiger partial charge in [-0.25, -0.2) is 50.4 Å². The van der Waals surface area contributed by atoms with Crippen molar-refractivity contribution in [1.82, 2.24) is 26.4 Å². The second-order valence-electron chi connectivity index (χ2n) is 12.2. The Morgan fingerprint density at radius 1 is 0.574 bits per heavy atom. The summed E-state index contributed by atoms with van der Waals surface area (Å²) in [7, 11) is 2.13. The summed E-state index contributed by atoms with van der Waals surface area (Å²) < 4.78 is 24.8. The number of rotatable bonds is 22. The Bertz CT molecular complexity index is 915. The van der Waals surface area contributed by atoms with Gasteiger partial charge in [0.2, 0.25) is 0 Å². The van der Waals surface area contributed by atoms with Crippen LogP contribution in [0.5, 0.6) is 0 Å². The Morgan fingerprint density at radius 2 is 1.02 bits per heavy atom. The van der Waals surface area contributed by atoms with Crippen molar-refractivity contribution in [2.24, 2.45) is 0 Å². The molecule has 47 heavy (non-hydrogen) atoms. The first-order valence-electron chi connectivity index (χ1n) is 17.0. The molecule has 0 saturated carbocycles. The molecule has 274 valence electrons. The van der Waals surface area contributed by atoms with Gasteiger partial charge in [0.25, 0.3) is 0 Å². The van der Waals surface area contributed by atoms with Crippen LogP contribution in [0.15, 0.2) is 0 Å². The van der Waals surface area contributed by atoms with Crippen molar-refractivity contribution < 1.29 is 47.7 Å². The molecule has 5 amide bonds. The third kappa shape index (κ3) is 24.2. The van der Waals surface area contributed by atoms with Gasteiger partial charge in [0, 0.05) is 7.05 Å². The minimum absolute atomic E-state index is 0.0901. The fraction of sp³-hybridized carbons (Fsp3) is 0.844. The van der Waals surface area contributed by atoms with Gasteiger partial charge in [-0.2, -0.15) is 0 Å². The summed E-state index contributed by atoms with van der Waals surface area (Å²) in [5.41, 5.74) is 1.16. The Hall–Kier alpha value is -3.65. The Labute approximate surface area is 280 Å². The molecule has 0 aliphatic carbocycles. The number of carbonyl (C=O) groups is 5. The number of nitrogens with one attached hydrogen (secondary N) is 4. The molecule has 15 heteroatoms. The highest BCUT2D eigenvalue weighted by Crippen LogP contribution is 2.14. The standard InChI is InChI=1S/C32H61N5O10/c1-8-10-11-12-13-14-15-16-17-18-19-20-21-22-23-24-25-45-29(41)36-37(6)30(42)47-32(33-26(38)43-7,34-27(39)44-9-2)35-28(40)46-31(3,4)5/h8-25H2,1-7H3,(H,33,38)(H,34,39)(H,35,40)(H,36,41). The van der Waals surface area contributed by atoms with Gasteiger partial charge < -0.3 is 23.7 Å². The van der Waals surface area contributed by atoms with Crippen LogP contribution in [0, 0.1) is 0 Å². The van der Waals surface area contributed by atoms with E-state index in [1.54, 1.807) is 20.8 Å². The zero-order valence-electron chi connectivity index (χ0n) is 29.8. The Kier molecular flexibility index (Phi) is 23.5. The fourth-order valence-corrected chi connectivity index (χ4v) is 4.35. The molecule has 0 aromatic rings. The molecule has 0 aliphatic heterocycles. The van der Waals surface area contributed by atoms with E-state index in [9.17, 15) is 24.0 Å². The minimum atomic E-state index is -2.74. The molecule has 0 fully saturated rings. The van der Waals surface area contributed by atoms with Gasteiger partial charge in [0.15, 0.2) is 0 Å². The Morgan fingerprint density at radius 3 is 1.47 bits per heavy atom. The smallest absolute Gasteiger partial charge is 0.433 e. The summed E-state index contributed by atoms with van der Waals surface area (Å²) in [4.78, 5) is 62.0. The number of amides is 5. The van der Waals surface area contributed by atoms with E-state index in [1.807, 2.05) is 10.6 Å². The number of nitrogens with zero attached hydrogens (tertiary/aromatic N) is 1. The van der Waals surface area contributed by atoms with E-state index >= 15 is 0 Å². The molecule has 0 heterocycles. The molecule has 0 radical (unpaired) electrons. The van der Waals surface area contributed by atoms with Crippen LogP contribution in [0.1, 0.15) is 137 Å². The van der Waals surface area contributed by atoms with Gasteiger partial charge in [-0.3, -0.25) is 0 Å². The van der Waals surface area contributed by atoms with Crippen molar-refractivity contribution in [3.05, 3.63) is 0 Å². The third-order valence-corrected chi connectivity index (χ3v) is 6.70. The average molecular weight is 676 g/mol. The molecule has 4 N–H and O–H groups in total. The molecule has 0 aromatic carbocycles. The highest BCUT2D eigenvalue weighted by atomic mass is 16.6. The van der Waals surface area contributed by atoms with Crippen LogP contribution in [0.2, 0.25) is 0 Å². The molecule has 0 aromatic heterocycles.